The molecule has 1 atom stereocenters. The summed E-state index contributed by atoms with van der Waals surface area (Å²) in [6.45, 7) is 5.30. The van der Waals surface area contributed by atoms with Gasteiger partial charge in [0, 0.05) is 6.54 Å². The van der Waals surface area contributed by atoms with Crippen LogP contribution in [0, 0.1) is 5.92 Å². The molecule has 0 bridgehead atoms. The van der Waals surface area contributed by atoms with Crippen LogP contribution in [0.5, 0.6) is 0 Å². The van der Waals surface area contributed by atoms with Gasteiger partial charge in [-0.1, -0.05) is 54.6 Å². The van der Waals surface area contributed by atoms with Crippen LogP contribution in [0.3, 0.4) is 0 Å². The zero-order valence-electron chi connectivity index (χ0n) is 15.4. The minimum Gasteiger partial charge on any atom is -0.481 e. The maximum absolute atomic E-state index is 11.7. The number of benzene rings is 2. The molecule has 2 N–H and O–H groups in total. The van der Waals surface area contributed by atoms with Gasteiger partial charge in [-0.25, -0.2) is 4.79 Å². The number of ether oxygens (including phenoxy) is 1. The van der Waals surface area contributed by atoms with E-state index in [1.165, 1.54) is 0 Å². The van der Waals surface area contributed by atoms with Gasteiger partial charge in [0.25, 0.3) is 0 Å². The van der Waals surface area contributed by atoms with E-state index in [0.29, 0.717) is 6.42 Å². The first-order valence-electron chi connectivity index (χ1n) is 8.58. The number of hydrogen-bond donors (Lipinski definition) is 2. The molecule has 0 heterocycles. The second-order valence-corrected chi connectivity index (χ2v) is 7.19. The van der Waals surface area contributed by atoms with Crippen LogP contribution < -0.4 is 5.32 Å². The number of amides is 1. The van der Waals surface area contributed by atoms with Crippen molar-refractivity contribution in [2.75, 3.05) is 6.54 Å². The van der Waals surface area contributed by atoms with Crippen LogP contribution in [0.4, 0.5) is 4.79 Å². The summed E-state index contributed by atoms with van der Waals surface area (Å²) in [5.41, 5.74) is 2.48. The summed E-state index contributed by atoms with van der Waals surface area (Å²) in [6.07, 6.45) is -0.275. The lowest BCUT2D eigenvalue weighted by Gasteiger charge is -2.21. The Morgan fingerprint density at radius 2 is 1.58 bits per heavy atom. The summed E-state index contributed by atoms with van der Waals surface area (Å²) in [5, 5.41) is 12.0. The quantitative estimate of drug-likeness (QED) is 0.817. The van der Waals surface area contributed by atoms with Crippen molar-refractivity contribution >= 4 is 12.1 Å². The molecule has 1 amide bonds. The summed E-state index contributed by atoms with van der Waals surface area (Å²) < 4.78 is 5.14. The molecule has 5 nitrogen and oxygen atoms in total. The van der Waals surface area contributed by atoms with Gasteiger partial charge in [-0.05, 0) is 43.9 Å². The third-order valence-corrected chi connectivity index (χ3v) is 3.78. The number of rotatable bonds is 6. The normalized spacial score (nSPS) is 12.3. The highest BCUT2D eigenvalue weighted by molar-refractivity contribution is 5.73. The average Bonchev–Trinajstić information content (AvgIpc) is 2.58. The largest absolute Gasteiger partial charge is 0.481 e. The monoisotopic (exact) mass is 355 g/mol. The van der Waals surface area contributed by atoms with E-state index < -0.39 is 23.6 Å². The Morgan fingerprint density at radius 1 is 1.00 bits per heavy atom. The predicted molar refractivity (Wildman–Crippen MR) is 101 cm³/mol. The van der Waals surface area contributed by atoms with Crippen LogP contribution in [-0.4, -0.2) is 29.3 Å². The third kappa shape index (κ3) is 6.24. The van der Waals surface area contributed by atoms with Crippen LogP contribution in [-0.2, 0) is 16.0 Å². The number of hydrogen-bond acceptors (Lipinski definition) is 3. The maximum atomic E-state index is 11.7. The smallest absolute Gasteiger partial charge is 0.407 e. The molecule has 0 aliphatic heterocycles. The van der Waals surface area contributed by atoms with E-state index in [1.807, 2.05) is 54.6 Å². The Morgan fingerprint density at radius 3 is 2.12 bits per heavy atom. The SMILES string of the molecule is CC(C)(C)OC(=O)NCC(Cc1ccc(-c2ccccc2)cc1)C(=O)O. The molecule has 0 saturated carbocycles. The van der Waals surface area contributed by atoms with Gasteiger partial charge in [-0.2, -0.15) is 0 Å². The lowest BCUT2D eigenvalue weighted by molar-refractivity contribution is -0.141. The van der Waals surface area contributed by atoms with Crippen LogP contribution in [0.25, 0.3) is 11.1 Å². The fourth-order valence-electron chi connectivity index (χ4n) is 2.52. The molecule has 138 valence electrons. The number of carbonyl (C=O) groups is 2. The van der Waals surface area contributed by atoms with Gasteiger partial charge >= 0.3 is 12.1 Å². The van der Waals surface area contributed by atoms with Crippen molar-refractivity contribution in [3.05, 3.63) is 60.2 Å². The van der Waals surface area contributed by atoms with E-state index in [0.717, 1.165) is 16.7 Å². The molecule has 2 aromatic rings. The minimum atomic E-state index is -0.951. The van der Waals surface area contributed by atoms with E-state index in [1.54, 1.807) is 20.8 Å². The molecular formula is C21H25NO4. The van der Waals surface area contributed by atoms with Crippen molar-refractivity contribution in [3.63, 3.8) is 0 Å². The first-order valence-corrected chi connectivity index (χ1v) is 8.58. The standard InChI is InChI=1S/C21H25NO4/c1-21(2,3)26-20(25)22-14-18(19(23)24)13-15-9-11-17(12-10-15)16-7-5-4-6-8-16/h4-12,18H,13-14H2,1-3H3,(H,22,25)(H,23,24). The molecule has 0 aliphatic rings. The van der Waals surface area contributed by atoms with Crippen molar-refractivity contribution in [1.29, 1.82) is 0 Å². The van der Waals surface area contributed by atoms with E-state index >= 15 is 0 Å². The summed E-state index contributed by atoms with van der Waals surface area (Å²) in [7, 11) is 0. The molecule has 1 unspecified atom stereocenters. The number of carboxylic acids is 1. The number of carboxylic acid groups (broad SMARTS) is 1. The van der Waals surface area contributed by atoms with Crippen LogP contribution >= 0.6 is 0 Å². The van der Waals surface area contributed by atoms with Crippen molar-refractivity contribution in [2.45, 2.75) is 32.8 Å². The van der Waals surface area contributed by atoms with Gasteiger partial charge in [0.2, 0.25) is 0 Å². The lowest BCUT2D eigenvalue weighted by Crippen LogP contribution is -2.37. The summed E-state index contributed by atoms with van der Waals surface area (Å²) in [6, 6.07) is 17.8. The van der Waals surface area contributed by atoms with E-state index in [-0.39, 0.29) is 6.54 Å². The van der Waals surface area contributed by atoms with E-state index in [2.05, 4.69) is 5.32 Å². The van der Waals surface area contributed by atoms with Crippen LogP contribution in [0.15, 0.2) is 54.6 Å². The van der Waals surface area contributed by atoms with Gasteiger partial charge in [0.1, 0.15) is 5.60 Å². The second kappa shape index (κ2) is 8.52. The lowest BCUT2D eigenvalue weighted by atomic mass is 9.97. The van der Waals surface area contributed by atoms with Crippen molar-refractivity contribution in [2.24, 2.45) is 5.92 Å². The molecule has 0 radical (unpaired) electrons. The highest BCUT2D eigenvalue weighted by Crippen LogP contribution is 2.20. The second-order valence-electron chi connectivity index (χ2n) is 7.19. The van der Waals surface area contributed by atoms with Gasteiger partial charge in [-0.15, -0.1) is 0 Å². The summed E-state index contributed by atoms with van der Waals surface area (Å²) >= 11 is 0. The number of alkyl carbamates (subject to hydrolysis) is 1. The van der Waals surface area contributed by atoms with Gasteiger partial charge < -0.3 is 15.2 Å². The van der Waals surface area contributed by atoms with E-state index in [9.17, 15) is 14.7 Å². The molecule has 0 saturated heterocycles. The minimum absolute atomic E-state index is 0.0185. The highest BCUT2D eigenvalue weighted by atomic mass is 16.6. The van der Waals surface area contributed by atoms with E-state index in [4.69, 9.17) is 4.74 Å². The van der Waals surface area contributed by atoms with Gasteiger partial charge in [0.05, 0.1) is 5.92 Å². The maximum Gasteiger partial charge on any atom is 0.407 e. The van der Waals surface area contributed by atoms with Gasteiger partial charge in [-0.3, -0.25) is 4.79 Å². The molecule has 2 aromatic carbocycles. The Labute approximate surface area is 154 Å². The third-order valence-electron chi connectivity index (χ3n) is 3.78. The number of nitrogens with one attached hydrogen (secondary N) is 1. The zero-order chi connectivity index (χ0) is 19.2. The molecule has 2 rings (SSSR count). The van der Waals surface area contributed by atoms with Crippen molar-refractivity contribution in [3.8, 4) is 11.1 Å². The van der Waals surface area contributed by atoms with Crippen LogP contribution in [0.1, 0.15) is 26.3 Å². The molecule has 5 heteroatoms. The molecule has 26 heavy (non-hydrogen) atoms. The first-order chi connectivity index (χ1) is 12.2. The molecular weight excluding hydrogens is 330 g/mol. The highest BCUT2D eigenvalue weighted by Gasteiger charge is 2.21. The summed E-state index contributed by atoms with van der Waals surface area (Å²) in [4.78, 5) is 23.2. The number of aliphatic carboxylic acids is 1. The fourth-order valence-corrected chi connectivity index (χ4v) is 2.52. The predicted octanol–water partition coefficient (Wildman–Crippen LogP) is 4.12. The van der Waals surface area contributed by atoms with Gasteiger partial charge in [0.15, 0.2) is 0 Å². The first kappa shape index (κ1) is 19.5. The molecule has 0 aromatic heterocycles. The number of carbonyl (C=O) groups excluding carboxylic acids is 1. The Hall–Kier alpha value is -2.82. The summed E-state index contributed by atoms with van der Waals surface area (Å²) in [5.74, 6) is -1.67. The van der Waals surface area contributed by atoms with Crippen molar-refractivity contribution in [1.82, 2.24) is 5.32 Å². The topological polar surface area (TPSA) is 75.6 Å². The Bertz CT molecular complexity index is 733. The molecule has 0 fully saturated rings. The zero-order valence-corrected chi connectivity index (χ0v) is 15.4. The molecule has 0 aliphatic carbocycles. The Balaban J connectivity index is 1.97. The van der Waals surface area contributed by atoms with Crippen molar-refractivity contribution < 1.29 is 19.4 Å². The fraction of sp³-hybridized carbons (Fsp3) is 0.333. The Kier molecular flexibility index (Phi) is 6.39. The van der Waals surface area contributed by atoms with Crippen LogP contribution in [0.2, 0.25) is 0 Å². The average molecular weight is 355 g/mol. The molecule has 0 spiro atoms.